The first-order valence-electron chi connectivity index (χ1n) is 8.43. The minimum atomic E-state index is -0.236. The average molecular weight is 456 g/mol. The van der Waals surface area contributed by atoms with Gasteiger partial charge in [0.05, 0.1) is 12.7 Å². The van der Waals surface area contributed by atoms with E-state index < -0.39 is 0 Å². The average Bonchev–Trinajstić information content (AvgIpc) is 2.95. The van der Waals surface area contributed by atoms with Crippen LogP contribution in [0, 0.1) is 0 Å². The quantitative estimate of drug-likeness (QED) is 0.222. The molecule has 8 heteroatoms. The summed E-state index contributed by atoms with van der Waals surface area (Å²) in [7, 11) is 0. The number of hydrogen-bond donors (Lipinski definition) is 3. The Morgan fingerprint density at radius 1 is 1.33 bits per heavy atom. The van der Waals surface area contributed by atoms with Crippen molar-refractivity contribution >= 4 is 35.8 Å². The van der Waals surface area contributed by atoms with E-state index in [1.54, 1.807) is 0 Å². The van der Waals surface area contributed by atoms with Gasteiger partial charge in [-0.25, -0.2) is 4.99 Å². The van der Waals surface area contributed by atoms with Gasteiger partial charge in [-0.05, 0) is 40.5 Å². The van der Waals surface area contributed by atoms with Crippen molar-refractivity contribution in [3.63, 3.8) is 0 Å². The summed E-state index contributed by atoms with van der Waals surface area (Å²) in [6.07, 6.45) is 2.12. The Morgan fingerprint density at radius 2 is 2.08 bits per heavy atom. The Bertz CT molecular complexity index is 380. The van der Waals surface area contributed by atoms with E-state index in [0.717, 1.165) is 32.5 Å². The van der Waals surface area contributed by atoms with Crippen molar-refractivity contribution in [3.8, 4) is 0 Å². The number of nitrogens with zero attached hydrogens (tertiary/aromatic N) is 1. The highest BCUT2D eigenvalue weighted by Gasteiger charge is 2.15. The minimum Gasteiger partial charge on any atom is -0.379 e. The van der Waals surface area contributed by atoms with E-state index in [-0.39, 0.29) is 48.1 Å². The molecule has 3 N–H and O–H groups in total. The van der Waals surface area contributed by atoms with E-state index in [4.69, 9.17) is 9.47 Å². The third kappa shape index (κ3) is 11.9. The molecular weight excluding hydrogens is 423 g/mol. The lowest BCUT2D eigenvalue weighted by Gasteiger charge is -2.20. The summed E-state index contributed by atoms with van der Waals surface area (Å²) in [6.45, 7) is 11.7. The number of rotatable bonds is 8. The number of aliphatic imine (C=N–C) groups is 1. The van der Waals surface area contributed by atoms with Crippen molar-refractivity contribution < 1.29 is 14.3 Å². The van der Waals surface area contributed by atoms with Gasteiger partial charge in [0.2, 0.25) is 5.91 Å². The highest BCUT2D eigenvalue weighted by atomic mass is 127. The van der Waals surface area contributed by atoms with Crippen molar-refractivity contribution in [2.24, 2.45) is 4.99 Å². The van der Waals surface area contributed by atoms with Gasteiger partial charge in [-0.3, -0.25) is 4.79 Å². The molecule has 1 aliphatic heterocycles. The number of halogens is 1. The predicted molar refractivity (Wildman–Crippen MR) is 107 cm³/mol. The topological polar surface area (TPSA) is 84.0 Å². The van der Waals surface area contributed by atoms with Gasteiger partial charge < -0.3 is 25.4 Å². The predicted octanol–water partition coefficient (Wildman–Crippen LogP) is 1.27. The van der Waals surface area contributed by atoms with E-state index in [0.29, 0.717) is 19.2 Å². The SMILES string of the molecule is CCNC(=NCC(=O)NC(C)(C)C)NCCCOC1CCOC1.I. The van der Waals surface area contributed by atoms with Crippen molar-refractivity contribution in [2.45, 2.75) is 52.2 Å². The zero-order valence-electron chi connectivity index (χ0n) is 15.3. The molecule has 0 spiro atoms. The van der Waals surface area contributed by atoms with Crippen molar-refractivity contribution in [1.29, 1.82) is 0 Å². The van der Waals surface area contributed by atoms with E-state index in [9.17, 15) is 4.79 Å². The van der Waals surface area contributed by atoms with Crippen LogP contribution >= 0.6 is 24.0 Å². The van der Waals surface area contributed by atoms with Crippen LogP contribution in [-0.4, -0.2) is 63.0 Å². The summed E-state index contributed by atoms with van der Waals surface area (Å²) < 4.78 is 11.0. The lowest BCUT2D eigenvalue weighted by molar-refractivity contribution is -0.121. The fourth-order valence-corrected chi connectivity index (χ4v) is 2.12. The first kappa shape index (κ1) is 23.4. The molecule has 1 aliphatic rings. The fraction of sp³-hybridized carbons (Fsp3) is 0.875. The third-order valence-electron chi connectivity index (χ3n) is 3.09. The molecule has 1 amide bonds. The lowest BCUT2D eigenvalue weighted by atomic mass is 10.1. The molecule has 0 aromatic heterocycles. The number of amides is 1. The smallest absolute Gasteiger partial charge is 0.242 e. The van der Waals surface area contributed by atoms with E-state index in [1.165, 1.54) is 0 Å². The zero-order chi connectivity index (χ0) is 17.1. The number of hydrogen-bond acceptors (Lipinski definition) is 4. The van der Waals surface area contributed by atoms with Gasteiger partial charge in [-0.15, -0.1) is 24.0 Å². The molecule has 142 valence electrons. The highest BCUT2D eigenvalue weighted by Crippen LogP contribution is 2.07. The van der Waals surface area contributed by atoms with Crippen molar-refractivity contribution in [1.82, 2.24) is 16.0 Å². The number of ether oxygens (including phenoxy) is 2. The maximum atomic E-state index is 11.8. The van der Waals surface area contributed by atoms with Gasteiger partial charge in [0.15, 0.2) is 5.96 Å². The number of guanidine groups is 1. The summed E-state index contributed by atoms with van der Waals surface area (Å²) >= 11 is 0. The van der Waals surface area contributed by atoms with Crippen LogP contribution in [-0.2, 0) is 14.3 Å². The summed E-state index contributed by atoms with van der Waals surface area (Å²) in [6, 6.07) is 0. The molecule has 1 saturated heterocycles. The van der Waals surface area contributed by atoms with Crippen LogP contribution in [0.15, 0.2) is 4.99 Å². The van der Waals surface area contributed by atoms with Gasteiger partial charge in [-0.1, -0.05) is 0 Å². The Kier molecular flexibility index (Phi) is 12.4. The molecule has 24 heavy (non-hydrogen) atoms. The van der Waals surface area contributed by atoms with Crippen molar-refractivity contribution in [3.05, 3.63) is 0 Å². The third-order valence-corrected chi connectivity index (χ3v) is 3.09. The Hall–Kier alpha value is -0.610. The van der Waals surface area contributed by atoms with Gasteiger partial charge in [-0.2, -0.15) is 0 Å². The van der Waals surface area contributed by atoms with Crippen LogP contribution < -0.4 is 16.0 Å². The second-order valence-corrected chi connectivity index (χ2v) is 6.63. The molecule has 0 aromatic rings. The maximum Gasteiger partial charge on any atom is 0.242 e. The van der Waals surface area contributed by atoms with Crippen LogP contribution in [0.5, 0.6) is 0 Å². The van der Waals surface area contributed by atoms with E-state index >= 15 is 0 Å². The Morgan fingerprint density at radius 3 is 2.67 bits per heavy atom. The fourth-order valence-electron chi connectivity index (χ4n) is 2.12. The summed E-state index contributed by atoms with van der Waals surface area (Å²) in [5, 5.41) is 9.23. The first-order valence-corrected chi connectivity index (χ1v) is 8.43. The molecule has 0 aromatic carbocycles. The maximum absolute atomic E-state index is 11.8. The molecule has 1 unspecified atom stereocenters. The number of nitrogens with one attached hydrogen (secondary N) is 3. The molecule has 0 radical (unpaired) electrons. The normalized spacial score (nSPS) is 18.0. The Balaban J connectivity index is 0.00000529. The monoisotopic (exact) mass is 456 g/mol. The van der Waals surface area contributed by atoms with Crippen LogP contribution in [0.25, 0.3) is 0 Å². The molecule has 7 nitrogen and oxygen atoms in total. The largest absolute Gasteiger partial charge is 0.379 e. The second-order valence-electron chi connectivity index (χ2n) is 6.63. The summed E-state index contributed by atoms with van der Waals surface area (Å²) in [5.74, 6) is 0.569. The van der Waals surface area contributed by atoms with E-state index in [1.807, 2.05) is 27.7 Å². The van der Waals surface area contributed by atoms with Crippen LogP contribution in [0.1, 0.15) is 40.5 Å². The van der Waals surface area contributed by atoms with E-state index in [2.05, 4.69) is 20.9 Å². The molecular formula is C16H33IN4O3. The second kappa shape index (κ2) is 12.7. The molecule has 0 aliphatic carbocycles. The van der Waals surface area contributed by atoms with Gasteiger partial charge in [0, 0.05) is 31.8 Å². The first-order chi connectivity index (χ1) is 10.9. The standard InChI is InChI=1S/C16H32N4O3.HI/c1-5-17-15(19-11-14(21)20-16(2,3)4)18-8-6-9-23-13-7-10-22-12-13;/h13H,5-12H2,1-4H3,(H,20,21)(H2,17,18,19);1H. The van der Waals surface area contributed by atoms with Crippen LogP contribution in [0.3, 0.4) is 0 Å². The summed E-state index contributed by atoms with van der Waals surface area (Å²) in [5.41, 5.74) is -0.236. The highest BCUT2D eigenvalue weighted by molar-refractivity contribution is 14.0. The lowest BCUT2D eigenvalue weighted by Crippen LogP contribution is -2.43. The zero-order valence-corrected chi connectivity index (χ0v) is 17.6. The molecule has 1 rings (SSSR count). The van der Waals surface area contributed by atoms with Crippen LogP contribution in [0.4, 0.5) is 0 Å². The van der Waals surface area contributed by atoms with Crippen molar-refractivity contribution in [2.75, 3.05) is 39.5 Å². The van der Waals surface area contributed by atoms with Gasteiger partial charge in [0.25, 0.3) is 0 Å². The number of carbonyl (C=O) groups is 1. The molecule has 1 atom stereocenters. The molecule has 0 bridgehead atoms. The summed E-state index contributed by atoms with van der Waals surface area (Å²) in [4.78, 5) is 16.1. The molecule has 1 fully saturated rings. The molecule has 0 saturated carbocycles. The van der Waals surface area contributed by atoms with Gasteiger partial charge >= 0.3 is 0 Å². The molecule has 1 heterocycles. The van der Waals surface area contributed by atoms with Gasteiger partial charge in [0.1, 0.15) is 6.54 Å². The minimum absolute atomic E-state index is 0. The number of carbonyl (C=O) groups excluding carboxylic acids is 1. The van der Waals surface area contributed by atoms with Crippen LogP contribution in [0.2, 0.25) is 0 Å². The Labute approximate surface area is 162 Å².